The van der Waals surface area contributed by atoms with Gasteiger partial charge in [-0.15, -0.1) is 0 Å². The van der Waals surface area contributed by atoms with Crippen LogP contribution in [0.15, 0.2) is 35.1 Å². The number of rotatable bonds is 8. The van der Waals surface area contributed by atoms with Gasteiger partial charge in [-0.3, -0.25) is 9.59 Å². The van der Waals surface area contributed by atoms with Gasteiger partial charge in [-0.05, 0) is 30.0 Å². The van der Waals surface area contributed by atoms with Crippen molar-refractivity contribution in [1.82, 2.24) is 15.3 Å². The van der Waals surface area contributed by atoms with Crippen LogP contribution in [0.4, 0.5) is 0 Å². The number of hydrogen-bond donors (Lipinski definition) is 2. The minimum atomic E-state index is -0.802. The Morgan fingerprint density at radius 3 is 2.43 bits per heavy atom. The molecule has 0 aliphatic heterocycles. The van der Waals surface area contributed by atoms with Crippen LogP contribution < -0.4 is 15.6 Å². The van der Waals surface area contributed by atoms with Gasteiger partial charge in [0.25, 0.3) is 11.5 Å². The smallest absolute Gasteiger partial charge is 0.328 e. The number of nitrogens with one attached hydrogen (secondary N) is 2. The Balaban J connectivity index is 2.19. The van der Waals surface area contributed by atoms with Gasteiger partial charge in [-0.1, -0.05) is 26.0 Å². The van der Waals surface area contributed by atoms with Crippen LogP contribution in [0.3, 0.4) is 0 Å². The van der Waals surface area contributed by atoms with Gasteiger partial charge in [-0.25, -0.2) is 9.78 Å². The Kier molecular flexibility index (Phi) is 7.31. The van der Waals surface area contributed by atoms with Gasteiger partial charge >= 0.3 is 5.97 Å². The number of amides is 1. The van der Waals surface area contributed by atoms with Crippen LogP contribution >= 0.6 is 0 Å². The first-order valence-electron chi connectivity index (χ1n) is 8.94. The Hall–Kier alpha value is -3.16. The number of aromatic amines is 1. The molecule has 1 aromatic carbocycles. The number of nitrogens with zero attached hydrogens (tertiary/aromatic N) is 1. The topological polar surface area (TPSA) is 110 Å². The molecule has 0 saturated heterocycles. The Labute approximate surface area is 163 Å². The van der Waals surface area contributed by atoms with E-state index in [1.807, 2.05) is 26.0 Å². The molecule has 0 aliphatic rings. The zero-order valence-electron chi connectivity index (χ0n) is 16.4. The molecule has 2 rings (SSSR count). The first kappa shape index (κ1) is 21.1. The summed E-state index contributed by atoms with van der Waals surface area (Å²) in [6.07, 6.45) is 0.757. The number of ether oxygens (including phenoxy) is 2. The number of hydrogen-bond acceptors (Lipinski definition) is 6. The summed E-state index contributed by atoms with van der Waals surface area (Å²) in [4.78, 5) is 43.3. The van der Waals surface area contributed by atoms with Gasteiger partial charge in [0.05, 0.1) is 14.2 Å². The average Bonchev–Trinajstić information content (AvgIpc) is 2.66. The maximum atomic E-state index is 12.5. The van der Waals surface area contributed by atoms with E-state index >= 15 is 0 Å². The highest BCUT2D eigenvalue weighted by Crippen LogP contribution is 2.13. The molecule has 150 valence electrons. The third-order valence-electron chi connectivity index (χ3n) is 4.05. The van der Waals surface area contributed by atoms with Gasteiger partial charge < -0.3 is 19.8 Å². The minimum absolute atomic E-state index is 0.0510. The SMILES string of the molecule is COC(=O)C(CC(C)C)NC(=O)c1cc(=O)[nH]c(Cc2ccc(OC)cc2)n1. The molecule has 0 fully saturated rings. The molecule has 0 spiro atoms. The molecule has 1 amide bonds. The summed E-state index contributed by atoms with van der Waals surface area (Å²) in [6, 6.07) is 7.61. The summed E-state index contributed by atoms with van der Waals surface area (Å²) in [5.74, 6) is 0.101. The zero-order valence-corrected chi connectivity index (χ0v) is 16.4. The first-order valence-corrected chi connectivity index (χ1v) is 8.94. The number of carbonyl (C=O) groups is 2. The third kappa shape index (κ3) is 5.94. The van der Waals surface area contributed by atoms with Crippen molar-refractivity contribution in [2.24, 2.45) is 5.92 Å². The molecule has 1 atom stereocenters. The van der Waals surface area contributed by atoms with E-state index in [0.29, 0.717) is 18.7 Å². The summed E-state index contributed by atoms with van der Waals surface area (Å²) in [6.45, 7) is 3.86. The van der Waals surface area contributed by atoms with Crippen molar-refractivity contribution in [3.05, 3.63) is 57.8 Å². The van der Waals surface area contributed by atoms with Crippen LogP contribution in [0.5, 0.6) is 5.75 Å². The average molecular weight is 387 g/mol. The van der Waals surface area contributed by atoms with E-state index in [2.05, 4.69) is 15.3 Å². The van der Waals surface area contributed by atoms with Crippen molar-refractivity contribution < 1.29 is 19.1 Å². The maximum absolute atomic E-state index is 12.5. The van der Waals surface area contributed by atoms with Crippen molar-refractivity contribution in [1.29, 1.82) is 0 Å². The summed E-state index contributed by atoms with van der Waals surface area (Å²) < 4.78 is 9.86. The van der Waals surface area contributed by atoms with E-state index in [1.165, 1.54) is 7.11 Å². The molecule has 1 unspecified atom stereocenters. The molecule has 0 radical (unpaired) electrons. The summed E-state index contributed by atoms with van der Waals surface area (Å²) in [5.41, 5.74) is 0.404. The van der Waals surface area contributed by atoms with Gasteiger partial charge in [0.2, 0.25) is 0 Å². The molecule has 0 aliphatic carbocycles. The quantitative estimate of drug-likeness (QED) is 0.667. The third-order valence-corrected chi connectivity index (χ3v) is 4.05. The van der Waals surface area contributed by atoms with Crippen LogP contribution in [-0.4, -0.2) is 42.1 Å². The fraction of sp³-hybridized carbons (Fsp3) is 0.400. The second-order valence-electron chi connectivity index (χ2n) is 6.78. The molecule has 2 aromatic rings. The zero-order chi connectivity index (χ0) is 20.7. The Morgan fingerprint density at radius 1 is 1.18 bits per heavy atom. The molecule has 2 N–H and O–H groups in total. The Bertz CT molecular complexity index is 874. The van der Waals surface area contributed by atoms with E-state index in [4.69, 9.17) is 9.47 Å². The molecule has 8 nitrogen and oxygen atoms in total. The largest absolute Gasteiger partial charge is 0.497 e. The fourth-order valence-corrected chi connectivity index (χ4v) is 2.70. The number of esters is 1. The maximum Gasteiger partial charge on any atom is 0.328 e. The van der Waals surface area contributed by atoms with Crippen LogP contribution in [-0.2, 0) is 16.0 Å². The van der Waals surface area contributed by atoms with Crippen molar-refractivity contribution in [3.8, 4) is 5.75 Å². The molecular weight excluding hydrogens is 362 g/mol. The molecule has 28 heavy (non-hydrogen) atoms. The summed E-state index contributed by atoms with van der Waals surface area (Å²) >= 11 is 0. The van der Waals surface area contributed by atoms with Crippen LogP contribution in [0.1, 0.15) is 42.1 Å². The molecule has 0 saturated carbocycles. The lowest BCUT2D eigenvalue weighted by Crippen LogP contribution is -2.43. The normalized spacial score (nSPS) is 11.8. The van der Waals surface area contributed by atoms with E-state index in [9.17, 15) is 14.4 Å². The highest BCUT2D eigenvalue weighted by atomic mass is 16.5. The van der Waals surface area contributed by atoms with Crippen LogP contribution in [0.2, 0.25) is 0 Å². The van der Waals surface area contributed by atoms with Gasteiger partial charge in [0, 0.05) is 12.5 Å². The van der Waals surface area contributed by atoms with E-state index < -0.39 is 23.5 Å². The summed E-state index contributed by atoms with van der Waals surface area (Å²) in [7, 11) is 2.84. The number of aromatic nitrogens is 2. The van der Waals surface area contributed by atoms with Crippen LogP contribution in [0, 0.1) is 5.92 Å². The van der Waals surface area contributed by atoms with Crippen molar-refractivity contribution >= 4 is 11.9 Å². The highest BCUT2D eigenvalue weighted by molar-refractivity contribution is 5.95. The predicted octanol–water partition coefficient (Wildman–Crippen LogP) is 1.69. The highest BCUT2D eigenvalue weighted by Gasteiger charge is 2.24. The lowest BCUT2D eigenvalue weighted by Gasteiger charge is -2.18. The molecule has 1 aromatic heterocycles. The van der Waals surface area contributed by atoms with Crippen molar-refractivity contribution in [2.45, 2.75) is 32.7 Å². The number of H-pyrrole nitrogens is 1. The number of methoxy groups -OCH3 is 2. The van der Waals surface area contributed by atoms with Gasteiger partial charge in [0.1, 0.15) is 23.3 Å². The fourth-order valence-electron chi connectivity index (χ4n) is 2.70. The number of benzene rings is 1. The van der Waals surface area contributed by atoms with E-state index in [-0.39, 0.29) is 11.6 Å². The second kappa shape index (κ2) is 9.68. The second-order valence-corrected chi connectivity index (χ2v) is 6.78. The molecule has 0 bridgehead atoms. The van der Waals surface area contributed by atoms with Gasteiger partial charge in [-0.2, -0.15) is 0 Å². The molecule has 1 heterocycles. The predicted molar refractivity (Wildman–Crippen MR) is 103 cm³/mol. The van der Waals surface area contributed by atoms with Crippen molar-refractivity contribution in [3.63, 3.8) is 0 Å². The Morgan fingerprint density at radius 2 is 1.86 bits per heavy atom. The van der Waals surface area contributed by atoms with E-state index in [1.54, 1.807) is 19.2 Å². The first-order chi connectivity index (χ1) is 13.3. The molecular formula is C20H25N3O5. The van der Waals surface area contributed by atoms with Crippen molar-refractivity contribution in [2.75, 3.05) is 14.2 Å². The standard InChI is InChI=1S/C20H25N3O5/c1-12(2)9-16(20(26)28-4)22-19(25)15-11-18(24)23-17(21-15)10-13-5-7-14(27-3)8-6-13/h5-8,11-12,16H,9-10H2,1-4H3,(H,22,25)(H,21,23,24). The lowest BCUT2D eigenvalue weighted by molar-refractivity contribution is -0.143. The molecule has 8 heteroatoms. The van der Waals surface area contributed by atoms with Gasteiger partial charge in [0.15, 0.2) is 0 Å². The van der Waals surface area contributed by atoms with Crippen LogP contribution in [0.25, 0.3) is 0 Å². The van der Waals surface area contributed by atoms with E-state index in [0.717, 1.165) is 17.4 Å². The number of carbonyl (C=O) groups excluding carboxylic acids is 2. The lowest BCUT2D eigenvalue weighted by atomic mass is 10.0. The summed E-state index contributed by atoms with van der Waals surface area (Å²) in [5, 5.41) is 2.60. The monoisotopic (exact) mass is 387 g/mol. The minimum Gasteiger partial charge on any atom is -0.497 e.